The maximum Gasteiger partial charge on any atom is 0.270 e. The number of hydrogen-bond donors (Lipinski definition) is 1. The van der Waals surface area contributed by atoms with Gasteiger partial charge in [-0.25, -0.2) is 0 Å². The molecule has 2 amide bonds. The lowest BCUT2D eigenvalue weighted by molar-refractivity contribution is -0.122. The summed E-state index contributed by atoms with van der Waals surface area (Å²) in [6.45, 7) is 3.75. The van der Waals surface area contributed by atoms with Crippen LogP contribution in [0.5, 0.6) is 5.75 Å². The fraction of sp³-hybridized carbons (Fsp3) is 0.111. The van der Waals surface area contributed by atoms with Crippen molar-refractivity contribution >= 4 is 46.7 Å². The molecule has 0 spiro atoms. The van der Waals surface area contributed by atoms with E-state index in [9.17, 15) is 14.4 Å². The maximum absolute atomic E-state index is 13.1. The minimum Gasteiger partial charge on any atom is -0.489 e. The third kappa shape index (κ3) is 5.10. The van der Waals surface area contributed by atoms with Crippen LogP contribution in [0, 0.1) is 6.92 Å². The number of carbonyl (C=O) groups is 3. The summed E-state index contributed by atoms with van der Waals surface area (Å²) in [4.78, 5) is 38.5. The van der Waals surface area contributed by atoms with Crippen LogP contribution in [-0.4, -0.2) is 22.7 Å². The van der Waals surface area contributed by atoms with Gasteiger partial charge >= 0.3 is 0 Å². The zero-order valence-electron chi connectivity index (χ0n) is 18.7. The number of aryl methyl sites for hydroxylation is 1. The Morgan fingerprint density at radius 2 is 1.76 bits per heavy atom. The van der Waals surface area contributed by atoms with Crippen molar-refractivity contribution in [2.24, 2.45) is 0 Å². The van der Waals surface area contributed by atoms with Gasteiger partial charge in [0.25, 0.3) is 11.8 Å². The molecular weight excluding hydrogens is 448 g/mol. The first-order valence-electron chi connectivity index (χ1n) is 10.6. The van der Waals surface area contributed by atoms with E-state index >= 15 is 0 Å². The van der Waals surface area contributed by atoms with Crippen LogP contribution in [0.25, 0.3) is 6.08 Å². The van der Waals surface area contributed by atoms with Gasteiger partial charge in [-0.15, -0.1) is 0 Å². The number of nitrogens with zero attached hydrogens (tertiary/aromatic N) is 1. The van der Waals surface area contributed by atoms with Gasteiger partial charge in [-0.3, -0.25) is 24.6 Å². The van der Waals surface area contributed by atoms with Gasteiger partial charge in [0.15, 0.2) is 10.9 Å². The van der Waals surface area contributed by atoms with Gasteiger partial charge in [-0.05, 0) is 79.2 Å². The Morgan fingerprint density at radius 3 is 2.47 bits per heavy atom. The second kappa shape index (κ2) is 9.80. The van der Waals surface area contributed by atoms with Crippen LogP contribution in [0.1, 0.15) is 34.0 Å². The molecule has 3 aromatic carbocycles. The largest absolute Gasteiger partial charge is 0.489 e. The fourth-order valence-corrected chi connectivity index (χ4v) is 3.81. The quantitative estimate of drug-likeness (QED) is 0.247. The minimum atomic E-state index is -0.537. The number of amides is 2. The molecule has 1 saturated heterocycles. The Labute approximate surface area is 202 Å². The van der Waals surface area contributed by atoms with Crippen LogP contribution in [0.15, 0.2) is 78.4 Å². The van der Waals surface area contributed by atoms with Crippen molar-refractivity contribution < 1.29 is 19.1 Å². The van der Waals surface area contributed by atoms with Crippen LogP contribution in [0.2, 0.25) is 0 Å². The molecule has 4 rings (SSSR count). The zero-order chi connectivity index (χ0) is 24.2. The number of carbonyl (C=O) groups excluding carboxylic acids is 3. The summed E-state index contributed by atoms with van der Waals surface area (Å²) >= 11 is 5.24. The van der Waals surface area contributed by atoms with Crippen LogP contribution in [0.4, 0.5) is 5.69 Å². The van der Waals surface area contributed by atoms with Crippen molar-refractivity contribution in [1.29, 1.82) is 0 Å². The van der Waals surface area contributed by atoms with E-state index in [1.54, 1.807) is 42.5 Å². The summed E-state index contributed by atoms with van der Waals surface area (Å²) in [6.07, 6.45) is 1.53. The summed E-state index contributed by atoms with van der Waals surface area (Å²) in [5.74, 6) is -0.394. The number of thiocarbonyl (C=S) groups is 1. The molecule has 1 fully saturated rings. The van der Waals surface area contributed by atoms with Crippen molar-refractivity contribution in [2.45, 2.75) is 20.5 Å². The Morgan fingerprint density at radius 1 is 1.03 bits per heavy atom. The topological polar surface area (TPSA) is 75.7 Å². The molecule has 1 heterocycles. The Bertz CT molecular complexity index is 1330. The normalized spacial score (nSPS) is 14.8. The first-order chi connectivity index (χ1) is 16.3. The molecule has 0 radical (unpaired) electrons. The molecule has 6 nitrogen and oxygen atoms in total. The lowest BCUT2D eigenvalue weighted by Gasteiger charge is -2.29. The third-order valence-electron chi connectivity index (χ3n) is 5.29. The molecule has 34 heavy (non-hydrogen) atoms. The number of rotatable bonds is 6. The first-order valence-corrected chi connectivity index (χ1v) is 11.0. The van der Waals surface area contributed by atoms with Crippen LogP contribution < -0.4 is 15.0 Å². The summed E-state index contributed by atoms with van der Waals surface area (Å²) in [5.41, 5.74) is 3.75. The zero-order valence-corrected chi connectivity index (χ0v) is 19.5. The summed E-state index contributed by atoms with van der Waals surface area (Å²) in [6, 6.07) is 21.7. The molecule has 0 atom stereocenters. The lowest BCUT2D eigenvalue weighted by Crippen LogP contribution is -2.54. The monoisotopic (exact) mass is 470 g/mol. The second-order valence-electron chi connectivity index (χ2n) is 7.91. The summed E-state index contributed by atoms with van der Waals surface area (Å²) in [7, 11) is 0. The summed E-state index contributed by atoms with van der Waals surface area (Å²) < 4.78 is 5.81. The predicted octanol–water partition coefficient (Wildman–Crippen LogP) is 4.61. The van der Waals surface area contributed by atoms with Gasteiger partial charge in [0.2, 0.25) is 0 Å². The molecule has 170 valence electrons. The standard InChI is InChI=1S/C27H22N2O4S/c1-17-5-3-8-22(13-17)29-26(32)24(25(31)28-27(29)34)15-19-9-11-23(12-10-19)33-16-20-6-4-7-21(14-20)18(2)30/h3-15H,16H2,1-2H3,(H,28,31,34)/b24-15+. The van der Waals surface area contributed by atoms with Crippen molar-refractivity contribution in [1.82, 2.24) is 5.32 Å². The molecule has 0 aromatic heterocycles. The number of ether oxygens (including phenoxy) is 1. The van der Waals surface area contributed by atoms with Gasteiger partial charge in [-0.2, -0.15) is 0 Å². The molecule has 3 aromatic rings. The van der Waals surface area contributed by atoms with Gasteiger partial charge < -0.3 is 4.74 Å². The molecule has 1 aliphatic rings. The highest BCUT2D eigenvalue weighted by molar-refractivity contribution is 7.80. The Kier molecular flexibility index (Phi) is 6.65. The van der Waals surface area contributed by atoms with Gasteiger partial charge in [0, 0.05) is 5.56 Å². The van der Waals surface area contributed by atoms with Crippen LogP contribution >= 0.6 is 12.2 Å². The maximum atomic E-state index is 13.1. The van der Waals surface area contributed by atoms with Crippen molar-refractivity contribution in [3.8, 4) is 5.75 Å². The second-order valence-corrected chi connectivity index (χ2v) is 8.30. The summed E-state index contributed by atoms with van der Waals surface area (Å²) in [5, 5.41) is 2.64. The lowest BCUT2D eigenvalue weighted by atomic mass is 10.1. The van der Waals surface area contributed by atoms with E-state index < -0.39 is 11.8 Å². The SMILES string of the molecule is CC(=O)c1cccc(COc2ccc(/C=C3\C(=O)NC(=S)N(c4cccc(C)c4)C3=O)cc2)c1. The van der Waals surface area contributed by atoms with Gasteiger partial charge in [-0.1, -0.05) is 42.5 Å². The van der Waals surface area contributed by atoms with E-state index in [0.29, 0.717) is 29.2 Å². The number of benzene rings is 3. The third-order valence-corrected chi connectivity index (χ3v) is 5.58. The van der Waals surface area contributed by atoms with E-state index in [0.717, 1.165) is 11.1 Å². The van der Waals surface area contributed by atoms with E-state index in [4.69, 9.17) is 17.0 Å². The Balaban J connectivity index is 1.50. The first kappa shape index (κ1) is 23.1. The fourth-order valence-electron chi connectivity index (χ4n) is 3.53. The number of hydrogen-bond acceptors (Lipinski definition) is 5. The van der Waals surface area contributed by atoms with Gasteiger partial charge in [0.05, 0.1) is 5.69 Å². The van der Waals surface area contributed by atoms with Crippen molar-refractivity contribution in [2.75, 3.05) is 4.90 Å². The van der Waals surface area contributed by atoms with Crippen LogP contribution in [-0.2, 0) is 16.2 Å². The highest BCUT2D eigenvalue weighted by Crippen LogP contribution is 2.23. The van der Waals surface area contributed by atoms with E-state index in [1.165, 1.54) is 17.9 Å². The predicted molar refractivity (Wildman–Crippen MR) is 135 cm³/mol. The Hall–Kier alpha value is -4.10. The molecule has 7 heteroatoms. The van der Waals surface area contributed by atoms with Crippen molar-refractivity contribution in [3.63, 3.8) is 0 Å². The average Bonchev–Trinajstić information content (AvgIpc) is 2.81. The molecule has 0 aliphatic carbocycles. The van der Waals surface area contributed by atoms with E-state index in [-0.39, 0.29) is 16.5 Å². The number of Topliss-reactive ketones (excluding diaryl/α,β-unsaturated/α-hetero) is 1. The molecule has 1 aliphatic heterocycles. The van der Waals surface area contributed by atoms with Crippen LogP contribution in [0.3, 0.4) is 0 Å². The van der Waals surface area contributed by atoms with E-state index in [1.807, 2.05) is 37.3 Å². The average molecular weight is 471 g/mol. The molecule has 0 saturated carbocycles. The highest BCUT2D eigenvalue weighted by Gasteiger charge is 2.34. The molecule has 0 unspecified atom stereocenters. The molecule has 1 N–H and O–H groups in total. The van der Waals surface area contributed by atoms with Gasteiger partial charge in [0.1, 0.15) is 17.9 Å². The van der Waals surface area contributed by atoms with E-state index in [2.05, 4.69) is 5.32 Å². The molecular formula is C27H22N2O4S. The minimum absolute atomic E-state index is 0.00210. The smallest absolute Gasteiger partial charge is 0.270 e. The number of nitrogens with one attached hydrogen (secondary N) is 1. The molecule has 0 bridgehead atoms. The number of ketones is 1. The number of anilines is 1. The van der Waals surface area contributed by atoms with Crippen molar-refractivity contribution in [3.05, 3.63) is 101 Å². The highest BCUT2D eigenvalue weighted by atomic mass is 32.1.